The van der Waals surface area contributed by atoms with Crippen LogP contribution in [0.3, 0.4) is 0 Å². The fraction of sp³-hybridized carbons (Fsp3) is 0.300. The molecule has 0 atom stereocenters. The second-order valence-corrected chi connectivity index (χ2v) is 6.01. The van der Waals surface area contributed by atoms with Crippen LogP contribution in [0.4, 0.5) is 11.4 Å². The molecule has 126 valence electrons. The second kappa shape index (κ2) is 8.29. The number of hydrogen-bond donors (Lipinski definition) is 2. The maximum absolute atomic E-state index is 12.4. The Balaban J connectivity index is 2.06. The highest BCUT2D eigenvalue weighted by atomic mass is 16.2. The number of anilines is 2. The zero-order valence-electron chi connectivity index (χ0n) is 14.5. The lowest BCUT2D eigenvalue weighted by molar-refractivity contribution is -0.116. The molecule has 0 saturated heterocycles. The van der Waals surface area contributed by atoms with Gasteiger partial charge in [0.05, 0.1) is 0 Å². The molecule has 0 aliphatic rings. The van der Waals surface area contributed by atoms with Gasteiger partial charge in [0.25, 0.3) is 5.91 Å². The van der Waals surface area contributed by atoms with Crippen LogP contribution in [-0.2, 0) is 4.79 Å². The van der Waals surface area contributed by atoms with Crippen LogP contribution < -0.4 is 10.6 Å². The molecule has 2 amide bonds. The zero-order valence-corrected chi connectivity index (χ0v) is 14.5. The highest BCUT2D eigenvalue weighted by molar-refractivity contribution is 6.05. The smallest absolute Gasteiger partial charge is 0.255 e. The Morgan fingerprint density at radius 3 is 2.33 bits per heavy atom. The lowest BCUT2D eigenvalue weighted by Gasteiger charge is -2.10. The van der Waals surface area contributed by atoms with Crippen molar-refractivity contribution in [3.63, 3.8) is 0 Å². The van der Waals surface area contributed by atoms with E-state index in [9.17, 15) is 9.59 Å². The number of hydrogen-bond acceptors (Lipinski definition) is 2. The molecule has 2 rings (SSSR count). The molecule has 0 aromatic heterocycles. The van der Waals surface area contributed by atoms with E-state index in [0.29, 0.717) is 23.4 Å². The monoisotopic (exact) mass is 324 g/mol. The van der Waals surface area contributed by atoms with Crippen LogP contribution in [0.2, 0.25) is 0 Å². The molecular weight excluding hydrogens is 300 g/mol. The largest absolute Gasteiger partial charge is 0.326 e. The van der Waals surface area contributed by atoms with Crippen molar-refractivity contribution in [1.82, 2.24) is 0 Å². The summed E-state index contributed by atoms with van der Waals surface area (Å²) >= 11 is 0. The second-order valence-electron chi connectivity index (χ2n) is 6.01. The van der Waals surface area contributed by atoms with E-state index in [1.54, 1.807) is 6.07 Å². The molecule has 0 saturated carbocycles. The van der Waals surface area contributed by atoms with Crippen molar-refractivity contribution in [2.24, 2.45) is 0 Å². The molecule has 0 heterocycles. The maximum Gasteiger partial charge on any atom is 0.255 e. The zero-order chi connectivity index (χ0) is 17.5. The third-order valence-electron chi connectivity index (χ3n) is 3.79. The van der Waals surface area contributed by atoms with Gasteiger partial charge in [-0.25, -0.2) is 0 Å². The quantitative estimate of drug-likeness (QED) is 0.810. The van der Waals surface area contributed by atoms with Crippen molar-refractivity contribution in [2.45, 2.75) is 40.0 Å². The van der Waals surface area contributed by atoms with Gasteiger partial charge < -0.3 is 10.6 Å². The van der Waals surface area contributed by atoms with Gasteiger partial charge >= 0.3 is 0 Å². The molecule has 2 N–H and O–H groups in total. The number of carbonyl (C=O) groups is 2. The number of unbranched alkanes of at least 4 members (excludes halogenated alkanes) is 1. The summed E-state index contributed by atoms with van der Waals surface area (Å²) in [4.78, 5) is 24.2. The van der Waals surface area contributed by atoms with Crippen LogP contribution in [-0.4, -0.2) is 11.8 Å². The summed E-state index contributed by atoms with van der Waals surface area (Å²) in [6.45, 7) is 5.97. The Bertz CT molecular complexity index is 738. The topological polar surface area (TPSA) is 58.2 Å². The number of aryl methyl sites for hydroxylation is 2. The minimum atomic E-state index is -0.151. The summed E-state index contributed by atoms with van der Waals surface area (Å²) in [6.07, 6.45) is 2.37. The Kier molecular flexibility index (Phi) is 6.13. The summed E-state index contributed by atoms with van der Waals surface area (Å²) in [5.74, 6) is -0.156. The first kappa shape index (κ1) is 17.7. The summed E-state index contributed by atoms with van der Waals surface area (Å²) in [6, 6.07) is 12.9. The number of carbonyl (C=O) groups excluding carboxylic acids is 2. The Morgan fingerprint density at radius 2 is 1.67 bits per heavy atom. The number of rotatable bonds is 6. The number of nitrogens with one attached hydrogen (secondary N) is 2. The standard InChI is InChI=1S/C20H24N2O2/c1-4-5-9-19(23)21-16-7-6-8-17(13-16)22-20(24)18-11-10-14(2)12-15(18)3/h6-8,10-13H,4-5,9H2,1-3H3,(H,21,23)(H,22,24). The van der Waals surface area contributed by atoms with Crippen LogP contribution in [0.5, 0.6) is 0 Å². The van der Waals surface area contributed by atoms with Gasteiger partial charge in [0, 0.05) is 23.4 Å². The van der Waals surface area contributed by atoms with Gasteiger partial charge in [-0.15, -0.1) is 0 Å². The van der Waals surface area contributed by atoms with Crippen molar-refractivity contribution in [3.8, 4) is 0 Å². The first-order valence-electron chi connectivity index (χ1n) is 8.28. The number of benzene rings is 2. The normalized spacial score (nSPS) is 10.3. The minimum absolute atomic E-state index is 0.00490. The molecule has 0 unspecified atom stereocenters. The van der Waals surface area contributed by atoms with E-state index in [0.717, 1.165) is 24.0 Å². The van der Waals surface area contributed by atoms with E-state index in [4.69, 9.17) is 0 Å². The van der Waals surface area contributed by atoms with E-state index in [1.807, 2.05) is 50.2 Å². The SMILES string of the molecule is CCCCC(=O)Nc1cccc(NC(=O)c2ccc(C)cc2C)c1. The maximum atomic E-state index is 12.4. The van der Waals surface area contributed by atoms with Crippen molar-refractivity contribution < 1.29 is 9.59 Å². The van der Waals surface area contributed by atoms with E-state index in [1.165, 1.54) is 0 Å². The van der Waals surface area contributed by atoms with Crippen LogP contribution in [0.1, 0.15) is 47.7 Å². The molecule has 24 heavy (non-hydrogen) atoms. The summed E-state index contributed by atoms with van der Waals surface area (Å²) < 4.78 is 0. The average Bonchev–Trinajstić information content (AvgIpc) is 2.53. The highest BCUT2D eigenvalue weighted by Gasteiger charge is 2.10. The molecule has 4 nitrogen and oxygen atoms in total. The lowest BCUT2D eigenvalue weighted by Crippen LogP contribution is -2.14. The fourth-order valence-electron chi connectivity index (χ4n) is 2.50. The molecule has 0 radical (unpaired) electrons. The summed E-state index contributed by atoms with van der Waals surface area (Å²) in [5, 5.41) is 5.74. The van der Waals surface area contributed by atoms with E-state index >= 15 is 0 Å². The first-order chi connectivity index (χ1) is 11.5. The van der Waals surface area contributed by atoms with E-state index in [2.05, 4.69) is 17.6 Å². The van der Waals surface area contributed by atoms with Crippen molar-refractivity contribution in [2.75, 3.05) is 10.6 Å². The molecule has 0 aliphatic carbocycles. The third kappa shape index (κ3) is 4.95. The molecular formula is C20H24N2O2. The molecule has 2 aromatic rings. The van der Waals surface area contributed by atoms with Crippen molar-refractivity contribution >= 4 is 23.2 Å². The lowest BCUT2D eigenvalue weighted by atomic mass is 10.1. The van der Waals surface area contributed by atoms with Gasteiger partial charge in [-0.1, -0.05) is 37.1 Å². The fourth-order valence-corrected chi connectivity index (χ4v) is 2.50. The van der Waals surface area contributed by atoms with Gasteiger partial charge in [-0.2, -0.15) is 0 Å². The highest BCUT2D eigenvalue weighted by Crippen LogP contribution is 2.18. The van der Waals surface area contributed by atoms with Crippen molar-refractivity contribution in [1.29, 1.82) is 0 Å². The third-order valence-corrected chi connectivity index (χ3v) is 3.79. The molecule has 4 heteroatoms. The molecule has 0 bridgehead atoms. The van der Waals surface area contributed by atoms with E-state index < -0.39 is 0 Å². The van der Waals surface area contributed by atoms with Crippen LogP contribution in [0.25, 0.3) is 0 Å². The van der Waals surface area contributed by atoms with E-state index in [-0.39, 0.29) is 11.8 Å². The van der Waals surface area contributed by atoms with Gasteiger partial charge in [-0.3, -0.25) is 9.59 Å². The van der Waals surface area contributed by atoms with Crippen LogP contribution >= 0.6 is 0 Å². The van der Waals surface area contributed by atoms with Gasteiger partial charge in [0.2, 0.25) is 5.91 Å². The Labute approximate surface area is 143 Å². The molecule has 0 spiro atoms. The summed E-state index contributed by atoms with van der Waals surface area (Å²) in [7, 11) is 0. The molecule has 2 aromatic carbocycles. The Morgan fingerprint density at radius 1 is 0.958 bits per heavy atom. The van der Waals surface area contributed by atoms with Gasteiger partial charge in [0.1, 0.15) is 0 Å². The average molecular weight is 324 g/mol. The Hall–Kier alpha value is -2.62. The predicted molar refractivity (Wildman–Crippen MR) is 98.5 cm³/mol. The molecule has 0 fully saturated rings. The van der Waals surface area contributed by atoms with Crippen molar-refractivity contribution in [3.05, 3.63) is 59.2 Å². The molecule has 0 aliphatic heterocycles. The van der Waals surface area contributed by atoms with Gasteiger partial charge in [-0.05, 0) is 50.1 Å². The minimum Gasteiger partial charge on any atom is -0.326 e. The number of amides is 2. The summed E-state index contributed by atoms with van der Waals surface area (Å²) in [5.41, 5.74) is 4.07. The van der Waals surface area contributed by atoms with Gasteiger partial charge in [0.15, 0.2) is 0 Å². The van der Waals surface area contributed by atoms with Crippen LogP contribution in [0.15, 0.2) is 42.5 Å². The van der Waals surface area contributed by atoms with Crippen LogP contribution in [0, 0.1) is 13.8 Å². The first-order valence-corrected chi connectivity index (χ1v) is 8.28. The predicted octanol–water partition coefficient (Wildman–Crippen LogP) is 4.68.